The van der Waals surface area contributed by atoms with Gasteiger partial charge in [-0.2, -0.15) is 6.07 Å². The summed E-state index contributed by atoms with van der Waals surface area (Å²) in [6.45, 7) is 2.16. The van der Waals surface area contributed by atoms with Crippen LogP contribution >= 0.6 is 0 Å². The van der Waals surface area contributed by atoms with E-state index < -0.39 is 0 Å². The molecular weight excluding hydrogens is 426 g/mol. The van der Waals surface area contributed by atoms with E-state index >= 15 is 0 Å². The number of fused-ring (bicyclic) bond motifs is 1. The van der Waals surface area contributed by atoms with Gasteiger partial charge in [0.05, 0.1) is 0 Å². The quantitative estimate of drug-likeness (QED) is 0.389. The van der Waals surface area contributed by atoms with Gasteiger partial charge >= 0.3 is 26.2 Å². The minimum absolute atomic E-state index is 0. The van der Waals surface area contributed by atoms with Gasteiger partial charge in [0, 0.05) is 0 Å². The van der Waals surface area contributed by atoms with Gasteiger partial charge in [0.1, 0.15) is 0 Å². The largest absolute Gasteiger partial charge is 3.00 e. The summed E-state index contributed by atoms with van der Waals surface area (Å²) in [4.78, 5) is 0. The number of hydrogen-bond acceptors (Lipinski definition) is 0. The molecule has 4 aromatic carbocycles. The molecule has 0 aliphatic heterocycles. The minimum Gasteiger partial charge on any atom is -1.00 e. The molecule has 4 rings (SSSR count). The Kier molecular flexibility index (Phi) is 8.22. The van der Waals surface area contributed by atoms with Crippen LogP contribution in [0.3, 0.4) is 0 Å². The van der Waals surface area contributed by atoms with E-state index in [1.807, 2.05) is 0 Å². The van der Waals surface area contributed by atoms with Crippen molar-refractivity contribution in [3.63, 3.8) is 0 Å². The summed E-state index contributed by atoms with van der Waals surface area (Å²) in [5.41, 5.74) is 6.47. The Bertz CT molecular complexity index is 943. The fraction of sp³-hybridized carbons (Fsp3) is 0.0455. The molecule has 4 aromatic rings. The van der Waals surface area contributed by atoms with Crippen LogP contribution < -0.4 is 24.8 Å². The zero-order chi connectivity index (χ0) is 14.9. The van der Waals surface area contributed by atoms with E-state index in [4.69, 9.17) is 0 Å². The maximum absolute atomic E-state index is 2.28. The van der Waals surface area contributed by atoms with E-state index in [2.05, 4.69) is 91.9 Å². The van der Waals surface area contributed by atoms with Gasteiger partial charge in [-0.3, -0.25) is 0 Å². The van der Waals surface area contributed by atoms with Gasteiger partial charge in [-0.1, -0.05) is 73.2 Å². The summed E-state index contributed by atoms with van der Waals surface area (Å²) < 4.78 is 0. The number of hydrogen-bond donors (Lipinski definition) is 0. The molecule has 0 aliphatic rings. The standard InChI is InChI=1S/C22H17.2ClH.Zr/c1-16-14-18-10-7-13-21(22(18)15-16)20-12-6-5-11-19(20)17-8-3-2-4-9-17;;;/h2-15H,1H3;2*1H;/q-1;;;+3/p-2. The van der Waals surface area contributed by atoms with E-state index in [0.717, 1.165) is 0 Å². The van der Waals surface area contributed by atoms with Gasteiger partial charge in [-0.25, -0.2) is 0 Å². The SMILES string of the molecule is Cc1cc2c(-c3ccccc3-c3ccccc3)cccc2[cH-]1.[Cl-].[Cl-].[Zr+3]. The average Bonchev–Trinajstić information content (AvgIpc) is 2.96. The van der Waals surface area contributed by atoms with E-state index in [1.54, 1.807) is 0 Å². The Morgan fingerprint density at radius 1 is 0.640 bits per heavy atom. The molecule has 0 unspecified atom stereocenters. The Morgan fingerprint density at radius 2 is 1.24 bits per heavy atom. The zero-order valence-corrected chi connectivity index (χ0v) is 17.8. The molecule has 0 aliphatic carbocycles. The van der Waals surface area contributed by atoms with Crippen LogP contribution in [0.15, 0.2) is 84.9 Å². The minimum atomic E-state index is 0. The molecule has 0 bridgehead atoms. The van der Waals surface area contributed by atoms with Crippen LogP contribution in [-0.4, -0.2) is 0 Å². The summed E-state index contributed by atoms with van der Waals surface area (Å²) in [7, 11) is 0. The summed E-state index contributed by atoms with van der Waals surface area (Å²) in [5, 5.41) is 2.65. The monoisotopic (exact) mass is 441 g/mol. The molecule has 0 aromatic heterocycles. The fourth-order valence-electron chi connectivity index (χ4n) is 3.21. The summed E-state index contributed by atoms with van der Waals surface area (Å²) >= 11 is 0. The summed E-state index contributed by atoms with van der Waals surface area (Å²) in [6, 6.07) is 30.4. The number of aryl methyl sites for hydroxylation is 1. The van der Waals surface area contributed by atoms with Crippen LogP contribution in [-0.2, 0) is 26.2 Å². The normalized spacial score (nSPS) is 9.64. The third-order valence-corrected chi connectivity index (χ3v) is 4.20. The molecule has 123 valence electrons. The van der Waals surface area contributed by atoms with Gasteiger partial charge in [-0.05, 0) is 16.7 Å². The van der Waals surface area contributed by atoms with Gasteiger partial charge in [0.2, 0.25) is 0 Å². The zero-order valence-electron chi connectivity index (χ0n) is 13.8. The van der Waals surface area contributed by atoms with E-state index in [9.17, 15) is 0 Å². The maximum Gasteiger partial charge on any atom is 3.00 e. The van der Waals surface area contributed by atoms with Crippen LogP contribution in [0.2, 0.25) is 0 Å². The van der Waals surface area contributed by atoms with Crippen LogP contribution in [0.5, 0.6) is 0 Å². The van der Waals surface area contributed by atoms with Crippen molar-refractivity contribution in [1.29, 1.82) is 0 Å². The van der Waals surface area contributed by atoms with Crippen LogP contribution in [0, 0.1) is 6.92 Å². The molecule has 0 N–H and O–H groups in total. The van der Waals surface area contributed by atoms with Crippen molar-refractivity contribution >= 4 is 10.8 Å². The van der Waals surface area contributed by atoms with Crippen LogP contribution in [0.25, 0.3) is 33.0 Å². The smallest absolute Gasteiger partial charge is 1.00 e. The number of rotatable bonds is 2. The molecule has 0 saturated heterocycles. The van der Waals surface area contributed by atoms with Gasteiger partial charge in [0.25, 0.3) is 0 Å². The van der Waals surface area contributed by atoms with Gasteiger partial charge in [-0.15, -0.1) is 34.5 Å². The molecule has 0 fully saturated rings. The predicted octanol–water partition coefficient (Wildman–Crippen LogP) is 0.207. The molecule has 0 atom stereocenters. The maximum atomic E-state index is 2.28. The van der Waals surface area contributed by atoms with Crippen molar-refractivity contribution in [3.05, 3.63) is 90.5 Å². The fourth-order valence-corrected chi connectivity index (χ4v) is 3.21. The van der Waals surface area contributed by atoms with Crippen molar-refractivity contribution < 1.29 is 51.0 Å². The molecular formula is C22H17Cl2Zr. The van der Waals surface area contributed by atoms with E-state index in [-0.39, 0.29) is 51.0 Å². The summed E-state index contributed by atoms with van der Waals surface area (Å²) in [6.07, 6.45) is 0. The Morgan fingerprint density at radius 3 is 1.96 bits per heavy atom. The van der Waals surface area contributed by atoms with Crippen molar-refractivity contribution in [2.24, 2.45) is 0 Å². The Hall–Kier alpha value is -1.27. The first-order valence-corrected chi connectivity index (χ1v) is 7.64. The van der Waals surface area contributed by atoms with Crippen molar-refractivity contribution in [3.8, 4) is 22.3 Å². The Labute approximate surface area is 180 Å². The van der Waals surface area contributed by atoms with Crippen molar-refractivity contribution in [2.75, 3.05) is 0 Å². The predicted molar refractivity (Wildman–Crippen MR) is 95.2 cm³/mol. The second-order valence-electron chi connectivity index (χ2n) is 5.75. The first kappa shape index (κ1) is 21.8. The third kappa shape index (κ3) is 4.29. The molecule has 0 spiro atoms. The summed E-state index contributed by atoms with van der Waals surface area (Å²) in [5.74, 6) is 0. The molecule has 25 heavy (non-hydrogen) atoms. The van der Waals surface area contributed by atoms with Gasteiger partial charge in [0.15, 0.2) is 0 Å². The molecule has 0 nitrogen and oxygen atoms in total. The third-order valence-electron chi connectivity index (χ3n) is 4.20. The molecule has 3 heteroatoms. The molecule has 0 heterocycles. The average molecular weight is 444 g/mol. The van der Waals surface area contributed by atoms with Crippen molar-refractivity contribution in [1.82, 2.24) is 0 Å². The second kappa shape index (κ2) is 9.44. The van der Waals surface area contributed by atoms with Gasteiger partial charge < -0.3 is 24.8 Å². The van der Waals surface area contributed by atoms with Crippen LogP contribution in [0.4, 0.5) is 0 Å². The number of benzene rings is 3. The van der Waals surface area contributed by atoms with E-state index in [1.165, 1.54) is 38.6 Å². The van der Waals surface area contributed by atoms with Crippen molar-refractivity contribution in [2.45, 2.75) is 6.92 Å². The first-order valence-electron chi connectivity index (χ1n) is 7.64. The molecule has 0 amide bonds. The molecule has 1 radical (unpaired) electrons. The second-order valence-corrected chi connectivity index (χ2v) is 5.75. The first-order chi connectivity index (χ1) is 10.8. The molecule has 0 saturated carbocycles. The van der Waals surface area contributed by atoms with E-state index in [0.29, 0.717) is 0 Å². The topological polar surface area (TPSA) is 0 Å². The van der Waals surface area contributed by atoms with Crippen LogP contribution in [0.1, 0.15) is 5.56 Å². The number of halogens is 2. The Balaban J connectivity index is 0.00000104.